The SMILES string of the molecule is CC(C)=CC[C@@H](NC(=O)c1ccc(C(C)(C)C)cc1)C(=O)O. The van der Waals surface area contributed by atoms with Crippen molar-refractivity contribution in [3.8, 4) is 0 Å². The summed E-state index contributed by atoms with van der Waals surface area (Å²) in [5.41, 5.74) is 2.64. The van der Waals surface area contributed by atoms with Crippen molar-refractivity contribution < 1.29 is 14.7 Å². The molecule has 0 fully saturated rings. The van der Waals surface area contributed by atoms with Gasteiger partial charge < -0.3 is 10.4 Å². The number of carboxylic acid groups (broad SMARTS) is 1. The van der Waals surface area contributed by atoms with Gasteiger partial charge in [-0.15, -0.1) is 0 Å². The Morgan fingerprint density at radius 2 is 1.73 bits per heavy atom. The van der Waals surface area contributed by atoms with Crippen LogP contribution < -0.4 is 5.32 Å². The number of aliphatic carboxylic acids is 1. The Bertz CT molecular complexity index is 561. The summed E-state index contributed by atoms with van der Waals surface area (Å²) in [5, 5.41) is 11.8. The maximum Gasteiger partial charge on any atom is 0.326 e. The van der Waals surface area contributed by atoms with Gasteiger partial charge in [0.05, 0.1) is 0 Å². The third kappa shape index (κ3) is 5.35. The van der Waals surface area contributed by atoms with E-state index in [-0.39, 0.29) is 17.7 Å². The Labute approximate surface area is 132 Å². The predicted octanol–water partition coefficient (Wildman–Crippen LogP) is 3.52. The highest BCUT2D eigenvalue weighted by atomic mass is 16.4. The molecule has 0 spiro atoms. The zero-order valence-electron chi connectivity index (χ0n) is 13.9. The van der Waals surface area contributed by atoms with Crippen LogP contribution in [0.3, 0.4) is 0 Å². The average Bonchev–Trinajstić information content (AvgIpc) is 2.41. The zero-order valence-corrected chi connectivity index (χ0v) is 13.9. The average molecular weight is 303 g/mol. The number of nitrogens with one attached hydrogen (secondary N) is 1. The van der Waals surface area contributed by atoms with Crippen LogP contribution in [-0.4, -0.2) is 23.0 Å². The van der Waals surface area contributed by atoms with Crippen LogP contribution in [-0.2, 0) is 10.2 Å². The van der Waals surface area contributed by atoms with Crippen LogP contribution in [0.5, 0.6) is 0 Å². The normalized spacial score (nSPS) is 12.4. The van der Waals surface area contributed by atoms with Crippen molar-refractivity contribution in [2.75, 3.05) is 0 Å². The van der Waals surface area contributed by atoms with E-state index in [1.165, 1.54) is 0 Å². The van der Waals surface area contributed by atoms with Crippen LogP contribution in [0.25, 0.3) is 0 Å². The summed E-state index contributed by atoms with van der Waals surface area (Å²) >= 11 is 0. The third-order valence-electron chi connectivity index (χ3n) is 3.38. The molecule has 1 atom stereocenters. The predicted molar refractivity (Wildman–Crippen MR) is 88.1 cm³/mol. The van der Waals surface area contributed by atoms with Gasteiger partial charge in [0.15, 0.2) is 0 Å². The number of amides is 1. The van der Waals surface area contributed by atoms with E-state index in [0.717, 1.165) is 11.1 Å². The van der Waals surface area contributed by atoms with Crippen LogP contribution in [0.15, 0.2) is 35.9 Å². The molecule has 0 aliphatic heterocycles. The van der Waals surface area contributed by atoms with Gasteiger partial charge >= 0.3 is 5.97 Å². The second-order valence-corrected chi connectivity index (χ2v) is 6.71. The van der Waals surface area contributed by atoms with Gasteiger partial charge in [-0.3, -0.25) is 4.79 Å². The van der Waals surface area contributed by atoms with Crippen molar-refractivity contribution in [1.82, 2.24) is 5.32 Å². The van der Waals surface area contributed by atoms with Gasteiger partial charge in [-0.25, -0.2) is 4.79 Å². The summed E-state index contributed by atoms with van der Waals surface area (Å²) in [4.78, 5) is 23.4. The first kappa shape index (κ1) is 18.0. The van der Waals surface area contributed by atoms with Gasteiger partial charge in [-0.05, 0) is 43.4 Å². The molecular formula is C18H25NO3. The summed E-state index contributed by atoms with van der Waals surface area (Å²) in [5.74, 6) is -1.40. The fraction of sp³-hybridized carbons (Fsp3) is 0.444. The maximum atomic E-state index is 12.2. The Morgan fingerprint density at radius 3 is 2.14 bits per heavy atom. The number of carbonyl (C=O) groups excluding carboxylic acids is 1. The smallest absolute Gasteiger partial charge is 0.326 e. The topological polar surface area (TPSA) is 66.4 Å². The first-order chi connectivity index (χ1) is 10.1. The van der Waals surface area contributed by atoms with Crippen molar-refractivity contribution >= 4 is 11.9 Å². The van der Waals surface area contributed by atoms with Crippen molar-refractivity contribution in [3.63, 3.8) is 0 Å². The van der Waals surface area contributed by atoms with Crippen molar-refractivity contribution in [2.24, 2.45) is 0 Å². The van der Waals surface area contributed by atoms with E-state index in [2.05, 4.69) is 26.1 Å². The van der Waals surface area contributed by atoms with E-state index in [1.54, 1.807) is 12.1 Å². The molecule has 1 aromatic carbocycles. The monoisotopic (exact) mass is 303 g/mol. The Balaban J connectivity index is 2.82. The number of hydrogen-bond acceptors (Lipinski definition) is 2. The molecule has 1 rings (SSSR count). The quantitative estimate of drug-likeness (QED) is 0.818. The highest BCUT2D eigenvalue weighted by molar-refractivity contribution is 5.96. The molecule has 1 amide bonds. The molecule has 120 valence electrons. The molecule has 0 unspecified atom stereocenters. The van der Waals surface area contributed by atoms with Gasteiger partial charge in [0.25, 0.3) is 5.91 Å². The number of hydrogen-bond donors (Lipinski definition) is 2. The first-order valence-electron chi connectivity index (χ1n) is 7.39. The summed E-state index contributed by atoms with van der Waals surface area (Å²) in [6, 6.07) is 6.36. The molecule has 0 bridgehead atoms. The van der Waals surface area contributed by atoms with E-state index >= 15 is 0 Å². The molecule has 0 heterocycles. The Morgan fingerprint density at radius 1 is 1.18 bits per heavy atom. The minimum Gasteiger partial charge on any atom is -0.480 e. The molecule has 4 nitrogen and oxygen atoms in total. The van der Waals surface area contributed by atoms with Crippen molar-refractivity contribution in [2.45, 2.75) is 52.5 Å². The number of carbonyl (C=O) groups is 2. The van der Waals surface area contributed by atoms with E-state index in [0.29, 0.717) is 5.56 Å². The molecule has 0 aromatic heterocycles. The lowest BCUT2D eigenvalue weighted by atomic mass is 9.86. The minimum atomic E-state index is -1.03. The van der Waals surface area contributed by atoms with E-state index < -0.39 is 12.0 Å². The largest absolute Gasteiger partial charge is 0.480 e. The number of rotatable bonds is 5. The molecule has 1 aromatic rings. The Kier molecular flexibility index (Phi) is 5.92. The molecule has 22 heavy (non-hydrogen) atoms. The first-order valence-corrected chi connectivity index (χ1v) is 7.39. The molecule has 0 aliphatic rings. The summed E-state index contributed by atoms with van der Waals surface area (Å²) in [7, 11) is 0. The summed E-state index contributed by atoms with van der Waals surface area (Å²) < 4.78 is 0. The summed E-state index contributed by atoms with van der Waals surface area (Å²) in [6.45, 7) is 10.1. The van der Waals surface area contributed by atoms with Gasteiger partial charge in [-0.1, -0.05) is 44.6 Å². The molecular weight excluding hydrogens is 278 g/mol. The fourth-order valence-corrected chi connectivity index (χ4v) is 1.94. The lowest BCUT2D eigenvalue weighted by Gasteiger charge is -2.19. The molecule has 0 saturated heterocycles. The standard InChI is InChI=1S/C18H25NO3/c1-12(2)6-11-15(17(21)22)19-16(20)13-7-9-14(10-8-13)18(3,4)5/h6-10,15H,11H2,1-5H3,(H,19,20)(H,21,22)/t15-/m1/s1. The van der Waals surface area contributed by atoms with Crippen molar-refractivity contribution in [3.05, 3.63) is 47.0 Å². The number of carboxylic acids is 1. The van der Waals surface area contributed by atoms with Crippen LogP contribution in [0.1, 0.15) is 57.0 Å². The van der Waals surface area contributed by atoms with Gasteiger partial charge in [0, 0.05) is 5.56 Å². The van der Waals surface area contributed by atoms with E-state index in [1.807, 2.05) is 32.1 Å². The van der Waals surface area contributed by atoms with Gasteiger partial charge in [0.1, 0.15) is 6.04 Å². The lowest BCUT2D eigenvalue weighted by Crippen LogP contribution is -2.40. The second-order valence-electron chi connectivity index (χ2n) is 6.71. The summed E-state index contributed by atoms with van der Waals surface area (Å²) in [6.07, 6.45) is 2.09. The van der Waals surface area contributed by atoms with E-state index in [4.69, 9.17) is 0 Å². The molecule has 0 aliphatic carbocycles. The highest BCUT2D eigenvalue weighted by Gasteiger charge is 2.20. The van der Waals surface area contributed by atoms with Crippen LogP contribution in [0.2, 0.25) is 0 Å². The van der Waals surface area contributed by atoms with Crippen molar-refractivity contribution in [1.29, 1.82) is 0 Å². The van der Waals surface area contributed by atoms with Gasteiger partial charge in [0.2, 0.25) is 0 Å². The fourth-order valence-electron chi connectivity index (χ4n) is 1.94. The molecule has 0 saturated carbocycles. The Hall–Kier alpha value is -2.10. The van der Waals surface area contributed by atoms with Gasteiger partial charge in [-0.2, -0.15) is 0 Å². The lowest BCUT2D eigenvalue weighted by molar-refractivity contribution is -0.139. The molecule has 0 radical (unpaired) electrons. The second kappa shape index (κ2) is 7.25. The van der Waals surface area contributed by atoms with Crippen LogP contribution in [0, 0.1) is 0 Å². The maximum absolute atomic E-state index is 12.2. The zero-order chi connectivity index (χ0) is 16.9. The number of allylic oxidation sites excluding steroid dienone is 1. The van der Waals surface area contributed by atoms with Crippen LogP contribution >= 0.6 is 0 Å². The van der Waals surface area contributed by atoms with E-state index in [9.17, 15) is 14.7 Å². The highest BCUT2D eigenvalue weighted by Crippen LogP contribution is 2.22. The molecule has 4 heteroatoms. The third-order valence-corrected chi connectivity index (χ3v) is 3.38. The minimum absolute atomic E-state index is 0.0159. The van der Waals surface area contributed by atoms with Crippen LogP contribution in [0.4, 0.5) is 0 Å². The number of benzene rings is 1. The molecule has 2 N–H and O–H groups in total.